The van der Waals surface area contributed by atoms with Crippen LogP contribution in [0.4, 0.5) is 0 Å². The molecule has 4 nitrogen and oxygen atoms in total. The summed E-state index contributed by atoms with van der Waals surface area (Å²) in [4.78, 5) is 15.6. The Kier molecular flexibility index (Phi) is 3.01. The Labute approximate surface area is 112 Å². The molecule has 1 aromatic carbocycles. The minimum Gasteiger partial charge on any atom is -0.478 e. The maximum atomic E-state index is 11.0. The Morgan fingerprint density at radius 2 is 2.26 bits per heavy atom. The topological polar surface area (TPSA) is 55.1 Å². The van der Waals surface area contributed by atoms with E-state index in [0.29, 0.717) is 5.56 Å². The predicted molar refractivity (Wildman–Crippen MR) is 73.4 cm³/mol. The number of carboxylic acid groups (broad SMARTS) is 1. The number of hydrogen-bond donors (Lipinski definition) is 1. The Morgan fingerprint density at radius 1 is 1.47 bits per heavy atom. The molecule has 19 heavy (non-hydrogen) atoms. The van der Waals surface area contributed by atoms with E-state index < -0.39 is 5.97 Å². The minimum atomic E-state index is -0.893. The minimum absolute atomic E-state index is 0.312. The van der Waals surface area contributed by atoms with Crippen LogP contribution in [0, 0.1) is 5.92 Å². The van der Waals surface area contributed by atoms with E-state index in [2.05, 4.69) is 16.5 Å². The number of nitrogens with zero attached hydrogens (tertiary/aromatic N) is 2. The van der Waals surface area contributed by atoms with Gasteiger partial charge >= 0.3 is 5.97 Å². The fraction of sp³-hybridized carbons (Fsp3) is 0.467. The highest BCUT2D eigenvalue weighted by atomic mass is 16.4. The molecule has 1 saturated carbocycles. The number of carboxylic acids is 1. The molecule has 0 unspecified atom stereocenters. The molecular weight excluding hydrogens is 240 g/mol. The molecule has 1 aliphatic carbocycles. The van der Waals surface area contributed by atoms with Crippen LogP contribution in [0.1, 0.15) is 42.4 Å². The van der Waals surface area contributed by atoms with Crippen LogP contribution in [-0.4, -0.2) is 20.6 Å². The maximum Gasteiger partial charge on any atom is 0.335 e. The zero-order valence-electron chi connectivity index (χ0n) is 11.1. The van der Waals surface area contributed by atoms with Gasteiger partial charge in [0.1, 0.15) is 5.82 Å². The highest BCUT2D eigenvalue weighted by Gasteiger charge is 2.24. The summed E-state index contributed by atoms with van der Waals surface area (Å²) >= 11 is 0. The third-order valence-electron chi connectivity index (χ3n) is 3.69. The lowest BCUT2D eigenvalue weighted by molar-refractivity contribution is 0.0697. The average Bonchev–Trinajstić information content (AvgIpc) is 3.13. The predicted octanol–water partition coefficient (Wildman–Crippen LogP) is 3.10. The van der Waals surface area contributed by atoms with Gasteiger partial charge in [0, 0.05) is 13.0 Å². The van der Waals surface area contributed by atoms with Crippen LogP contribution in [0.3, 0.4) is 0 Å². The summed E-state index contributed by atoms with van der Waals surface area (Å²) in [6.07, 6.45) is 4.61. The van der Waals surface area contributed by atoms with Crippen molar-refractivity contribution in [3.05, 3.63) is 29.6 Å². The number of imidazole rings is 1. The van der Waals surface area contributed by atoms with Crippen LogP contribution in [0.5, 0.6) is 0 Å². The van der Waals surface area contributed by atoms with Gasteiger partial charge < -0.3 is 9.67 Å². The van der Waals surface area contributed by atoms with E-state index in [0.717, 1.165) is 42.2 Å². The zero-order chi connectivity index (χ0) is 13.4. The maximum absolute atomic E-state index is 11.0. The number of benzene rings is 1. The average molecular weight is 258 g/mol. The van der Waals surface area contributed by atoms with Crippen LogP contribution < -0.4 is 0 Å². The van der Waals surface area contributed by atoms with Crippen molar-refractivity contribution < 1.29 is 9.90 Å². The second-order valence-corrected chi connectivity index (χ2v) is 5.34. The van der Waals surface area contributed by atoms with Gasteiger partial charge in [-0.25, -0.2) is 9.78 Å². The van der Waals surface area contributed by atoms with Gasteiger partial charge in [-0.2, -0.15) is 0 Å². The van der Waals surface area contributed by atoms with E-state index in [-0.39, 0.29) is 0 Å². The molecule has 1 heterocycles. The van der Waals surface area contributed by atoms with E-state index in [1.54, 1.807) is 12.1 Å². The normalized spacial score (nSPS) is 15.0. The Balaban J connectivity index is 2.08. The van der Waals surface area contributed by atoms with Crippen molar-refractivity contribution >= 4 is 17.0 Å². The largest absolute Gasteiger partial charge is 0.478 e. The molecule has 3 rings (SSSR count). The fourth-order valence-electron chi connectivity index (χ4n) is 2.49. The van der Waals surface area contributed by atoms with Gasteiger partial charge in [0.05, 0.1) is 16.6 Å². The monoisotopic (exact) mass is 258 g/mol. The first-order valence-corrected chi connectivity index (χ1v) is 6.91. The first-order valence-electron chi connectivity index (χ1n) is 6.91. The molecule has 0 radical (unpaired) electrons. The number of rotatable bonds is 5. The van der Waals surface area contributed by atoms with Gasteiger partial charge in [-0.3, -0.25) is 0 Å². The Morgan fingerprint density at radius 3 is 2.89 bits per heavy atom. The van der Waals surface area contributed by atoms with E-state index in [1.165, 1.54) is 12.8 Å². The molecule has 100 valence electrons. The molecule has 0 saturated heterocycles. The van der Waals surface area contributed by atoms with Crippen LogP contribution in [0.25, 0.3) is 11.0 Å². The molecule has 0 spiro atoms. The van der Waals surface area contributed by atoms with Crippen molar-refractivity contribution in [1.29, 1.82) is 0 Å². The molecule has 0 bridgehead atoms. The van der Waals surface area contributed by atoms with E-state index >= 15 is 0 Å². The lowest BCUT2D eigenvalue weighted by Crippen LogP contribution is -2.05. The highest BCUT2D eigenvalue weighted by Crippen LogP contribution is 2.32. The quantitative estimate of drug-likeness (QED) is 0.896. The summed E-state index contributed by atoms with van der Waals surface area (Å²) in [6.45, 7) is 3.17. The summed E-state index contributed by atoms with van der Waals surface area (Å²) in [7, 11) is 0. The van der Waals surface area contributed by atoms with Gasteiger partial charge in [0.25, 0.3) is 0 Å². The molecular formula is C15H18N2O2. The second kappa shape index (κ2) is 4.68. The number of fused-ring (bicyclic) bond motifs is 1. The summed E-state index contributed by atoms with van der Waals surface area (Å²) in [5.41, 5.74) is 2.19. The van der Waals surface area contributed by atoms with Gasteiger partial charge in [0.15, 0.2) is 0 Å². The molecule has 1 N–H and O–H groups in total. The molecule has 1 aromatic heterocycles. The van der Waals surface area contributed by atoms with Crippen LogP contribution >= 0.6 is 0 Å². The number of aromatic carboxylic acids is 1. The number of hydrogen-bond acceptors (Lipinski definition) is 2. The molecule has 4 heteroatoms. The first-order chi connectivity index (χ1) is 9.19. The number of aryl methyl sites for hydroxylation is 1. The van der Waals surface area contributed by atoms with Crippen molar-refractivity contribution in [3.63, 3.8) is 0 Å². The summed E-state index contributed by atoms with van der Waals surface area (Å²) in [6, 6.07) is 5.25. The number of carbonyl (C=O) groups is 1. The third-order valence-corrected chi connectivity index (χ3v) is 3.69. The second-order valence-electron chi connectivity index (χ2n) is 5.34. The van der Waals surface area contributed by atoms with Crippen LogP contribution in [0.2, 0.25) is 0 Å². The molecule has 0 atom stereocenters. The van der Waals surface area contributed by atoms with Gasteiger partial charge in [0.2, 0.25) is 0 Å². The molecule has 1 fully saturated rings. The van der Waals surface area contributed by atoms with Crippen LogP contribution in [-0.2, 0) is 13.0 Å². The van der Waals surface area contributed by atoms with E-state index in [1.807, 2.05) is 6.07 Å². The van der Waals surface area contributed by atoms with Crippen molar-refractivity contribution in [2.24, 2.45) is 5.92 Å². The Hall–Kier alpha value is -1.84. The summed E-state index contributed by atoms with van der Waals surface area (Å²) in [5, 5.41) is 9.04. The van der Waals surface area contributed by atoms with Gasteiger partial charge in [-0.05, 0) is 43.4 Å². The Bertz CT molecular complexity index is 626. The van der Waals surface area contributed by atoms with Crippen molar-refractivity contribution in [1.82, 2.24) is 9.55 Å². The smallest absolute Gasteiger partial charge is 0.335 e. The molecule has 2 aromatic rings. The van der Waals surface area contributed by atoms with Crippen LogP contribution in [0.15, 0.2) is 18.2 Å². The van der Waals surface area contributed by atoms with Gasteiger partial charge in [-0.1, -0.05) is 6.92 Å². The molecule has 1 aliphatic rings. The lowest BCUT2D eigenvalue weighted by Gasteiger charge is -2.07. The summed E-state index contributed by atoms with van der Waals surface area (Å²) < 4.78 is 2.28. The fourth-order valence-corrected chi connectivity index (χ4v) is 2.49. The first kappa shape index (κ1) is 12.2. The standard InChI is InChI=1S/C15H18N2O2/c1-2-3-14-16-12-8-11(15(18)19)6-7-13(12)17(14)9-10-4-5-10/h6-8,10H,2-5,9H2,1H3,(H,18,19). The van der Waals surface area contributed by atoms with Gasteiger partial charge in [-0.15, -0.1) is 0 Å². The van der Waals surface area contributed by atoms with Crippen molar-refractivity contribution in [3.8, 4) is 0 Å². The summed E-state index contributed by atoms with van der Waals surface area (Å²) in [5.74, 6) is 0.981. The molecule has 0 amide bonds. The molecule has 0 aliphatic heterocycles. The highest BCUT2D eigenvalue weighted by molar-refractivity contribution is 5.92. The number of aromatic nitrogens is 2. The van der Waals surface area contributed by atoms with Crippen molar-refractivity contribution in [2.75, 3.05) is 0 Å². The zero-order valence-corrected chi connectivity index (χ0v) is 11.1. The SMILES string of the molecule is CCCc1nc2cc(C(=O)O)ccc2n1CC1CC1. The van der Waals surface area contributed by atoms with E-state index in [4.69, 9.17) is 5.11 Å². The van der Waals surface area contributed by atoms with E-state index in [9.17, 15) is 4.79 Å². The van der Waals surface area contributed by atoms with Crippen molar-refractivity contribution in [2.45, 2.75) is 39.2 Å². The lowest BCUT2D eigenvalue weighted by atomic mass is 10.2. The third kappa shape index (κ3) is 2.35.